The second-order valence-corrected chi connectivity index (χ2v) is 6.93. The summed E-state index contributed by atoms with van der Waals surface area (Å²) in [6, 6.07) is 13.9. The summed E-state index contributed by atoms with van der Waals surface area (Å²) in [7, 11) is 0. The number of rotatable bonds is 5. The molecule has 27 heavy (non-hydrogen) atoms. The van der Waals surface area contributed by atoms with Gasteiger partial charge < -0.3 is 4.55 Å². The number of nitrogens with one attached hydrogen (secondary N) is 1. The normalized spacial score (nSPS) is 12.6. The van der Waals surface area contributed by atoms with Crippen LogP contribution < -0.4 is 4.72 Å². The van der Waals surface area contributed by atoms with E-state index < -0.39 is 23.2 Å². The van der Waals surface area contributed by atoms with Gasteiger partial charge in [0.1, 0.15) is 11.4 Å². The van der Waals surface area contributed by atoms with Gasteiger partial charge in [0.05, 0.1) is 11.4 Å². The summed E-state index contributed by atoms with van der Waals surface area (Å²) in [5, 5.41) is 3.71. The van der Waals surface area contributed by atoms with Gasteiger partial charge >= 0.3 is 6.18 Å². The zero-order valence-corrected chi connectivity index (χ0v) is 14.8. The van der Waals surface area contributed by atoms with Crippen molar-refractivity contribution in [3.63, 3.8) is 0 Å². The Morgan fingerprint density at radius 3 is 2.30 bits per heavy atom. The van der Waals surface area contributed by atoms with Crippen molar-refractivity contribution in [3.05, 3.63) is 65.9 Å². The first-order valence-corrected chi connectivity index (χ1v) is 8.91. The van der Waals surface area contributed by atoms with Crippen LogP contribution in [0.25, 0.3) is 16.9 Å². The number of nitrogens with zero attached hydrogens (tertiary/aromatic N) is 2. The van der Waals surface area contributed by atoms with Gasteiger partial charge in [-0.1, -0.05) is 29.8 Å². The average molecular weight is 393 g/mol. The van der Waals surface area contributed by atoms with Crippen LogP contribution in [0.5, 0.6) is 0 Å². The third kappa shape index (κ3) is 4.15. The van der Waals surface area contributed by atoms with E-state index in [1.54, 1.807) is 24.3 Å². The van der Waals surface area contributed by atoms with Crippen LogP contribution >= 0.6 is 0 Å². The highest BCUT2D eigenvalue weighted by atomic mass is 32.2. The summed E-state index contributed by atoms with van der Waals surface area (Å²) in [4.78, 5) is 10.7. The van der Waals surface area contributed by atoms with E-state index in [0.717, 1.165) is 11.6 Å². The first-order chi connectivity index (χ1) is 12.8. The molecule has 1 heterocycles. The molecular formula is C18H14F3N3O2S. The van der Waals surface area contributed by atoms with Crippen LogP contribution in [0.15, 0.2) is 59.5 Å². The van der Waals surface area contributed by atoms with Crippen LogP contribution in [0.1, 0.15) is 11.3 Å². The van der Waals surface area contributed by atoms with Crippen LogP contribution in [0.4, 0.5) is 13.2 Å². The molecule has 3 rings (SSSR count). The van der Waals surface area contributed by atoms with Crippen LogP contribution in [0, 0.1) is 6.92 Å². The van der Waals surface area contributed by atoms with Gasteiger partial charge in [0.25, 0.3) is 0 Å². The molecule has 0 spiro atoms. The SMILES string of the molecule is Cc1ccc(-c2cc(C(F)(F)F)nn2-c2ccc([S+]([O-])NC=O)cc2)cc1. The van der Waals surface area contributed by atoms with Gasteiger partial charge in [-0.15, -0.1) is 0 Å². The smallest absolute Gasteiger partial charge is 0.435 e. The fraction of sp³-hybridized carbons (Fsp3) is 0.111. The predicted molar refractivity (Wildman–Crippen MR) is 94.3 cm³/mol. The topological polar surface area (TPSA) is 70.0 Å². The van der Waals surface area contributed by atoms with Crippen molar-refractivity contribution in [3.8, 4) is 16.9 Å². The number of carbonyl (C=O) groups excluding carboxylic acids is 1. The van der Waals surface area contributed by atoms with Crippen LogP contribution in [-0.2, 0) is 22.3 Å². The van der Waals surface area contributed by atoms with Gasteiger partial charge in [0, 0.05) is 5.56 Å². The van der Waals surface area contributed by atoms with Crippen molar-refractivity contribution < 1.29 is 22.5 Å². The number of alkyl halides is 3. The van der Waals surface area contributed by atoms with Gasteiger partial charge in [-0.05, 0) is 37.3 Å². The van der Waals surface area contributed by atoms with Crippen LogP contribution in [0.3, 0.4) is 0 Å². The lowest BCUT2D eigenvalue weighted by atomic mass is 10.1. The van der Waals surface area contributed by atoms with E-state index in [4.69, 9.17) is 0 Å². The van der Waals surface area contributed by atoms with E-state index in [2.05, 4.69) is 9.82 Å². The molecule has 1 unspecified atom stereocenters. The fourth-order valence-electron chi connectivity index (χ4n) is 2.47. The molecule has 2 aromatic carbocycles. The number of benzene rings is 2. The van der Waals surface area contributed by atoms with E-state index in [1.165, 1.54) is 28.9 Å². The van der Waals surface area contributed by atoms with Crippen molar-refractivity contribution in [1.29, 1.82) is 0 Å². The lowest BCUT2D eigenvalue weighted by molar-refractivity contribution is -0.141. The molecule has 0 aliphatic rings. The first kappa shape index (κ1) is 19.0. The molecule has 1 amide bonds. The molecule has 9 heteroatoms. The maximum Gasteiger partial charge on any atom is 0.435 e. The number of aryl methyl sites for hydroxylation is 1. The standard InChI is InChI=1S/C18H14F3N3O2S/c1-12-2-4-13(5-3-12)16-10-17(18(19,20)21)23-24(16)14-6-8-15(9-7-14)27(26)22-11-25/h2-11H,1H3,(H,22,25). The highest BCUT2D eigenvalue weighted by Crippen LogP contribution is 2.33. The average Bonchev–Trinajstić information content (AvgIpc) is 3.08. The quantitative estimate of drug-likeness (QED) is 0.532. The van der Waals surface area contributed by atoms with Gasteiger partial charge in [-0.2, -0.15) is 23.0 Å². The minimum Gasteiger partial charge on any atom is -0.588 e. The number of carbonyl (C=O) groups is 1. The molecule has 0 aliphatic heterocycles. The maximum atomic E-state index is 13.2. The molecule has 0 bridgehead atoms. The first-order valence-electron chi connectivity index (χ1n) is 7.76. The van der Waals surface area contributed by atoms with Gasteiger partial charge in [0.15, 0.2) is 10.6 Å². The second-order valence-electron chi connectivity index (χ2n) is 5.69. The fourth-order valence-corrected chi connectivity index (χ4v) is 3.08. The van der Waals surface area contributed by atoms with E-state index in [1.807, 2.05) is 6.92 Å². The zero-order valence-electron chi connectivity index (χ0n) is 14.0. The van der Waals surface area contributed by atoms with Gasteiger partial charge in [-0.3, -0.25) is 4.79 Å². The summed E-state index contributed by atoms with van der Waals surface area (Å²) in [6.07, 6.45) is -4.28. The van der Waals surface area contributed by atoms with Crippen LogP contribution in [-0.4, -0.2) is 20.7 Å². The van der Waals surface area contributed by atoms with E-state index in [-0.39, 0.29) is 5.69 Å². The molecule has 1 atom stereocenters. The van der Waals surface area contributed by atoms with E-state index in [9.17, 15) is 22.5 Å². The third-order valence-corrected chi connectivity index (χ3v) is 4.81. The molecule has 3 aromatic rings. The van der Waals surface area contributed by atoms with Crippen molar-refractivity contribution in [2.75, 3.05) is 0 Å². The van der Waals surface area contributed by atoms with Crippen molar-refractivity contribution in [2.24, 2.45) is 0 Å². The lowest BCUT2D eigenvalue weighted by Crippen LogP contribution is -2.21. The Labute approximate surface area is 156 Å². The summed E-state index contributed by atoms with van der Waals surface area (Å²) in [6.45, 7) is 1.88. The molecule has 0 saturated carbocycles. The van der Waals surface area contributed by atoms with Crippen molar-refractivity contribution in [1.82, 2.24) is 14.5 Å². The number of hydrogen-bond acceptors (Lipinski definition) is 3. The molecule has 1 aromatic heterocycles. The number of halogens is 3. The molecule has 0 fully saturated rings. The number of aromatic nitrogens is 2. The molecule has 140 valence electrons. The Kier molecular flexibility index (Phi) is 5.24. The Bertz CT molecular complexity index is 938. The molecule has 0 radical (unpaired) electrons. The Morgan fingerprint density at radius 1 is 1.11 bits per heavy atom. The van der Waals surface area contributed by atoms with E-state index >= 15 is 0 Å². The van der Waals surface area contributed by atoms with Gasteiger partial charge in [0.2, 0.25) is 6.41 Å². The highest BCUT2D eigenvalue weighted by Gasteiger charge is 2.35. The summed E-state index contributed by atoms with van der Waals surface area (Å²) < 4.78 is 54.6. The molecule has 5 nitrogen and oxygen atoms in total. The Morgan fingerprint density at radius 2 is 1.74 bits per heavy atom. The van der Waals surface area contributed by atoms with E-state index in [0.29, 0.717) is 22.6 Å². The minimum absolute atomic E-state index is 0.280. The predicted octanol–water partition coefficient (Wildman–Crippen LogP) is 3.64. The summed E-state index contributed by atoms with van der Waals surface area (Å²) >= 11 is -1.73. The van der Waals surface area contributed by atoms with Gasteiger partial charge in [-0.25, -0.2) is 4.68 Å². The molecular weight excluding hydrogens is 379 g/mol. The summed E-state index contributed by atoms with van der Waals surface area (Å²) in [5.41, 5.74) is 1.21. The summed E-state index contributed by atoms with van der Waals surface area (Å²) in [5.74, 6) is 0. The van der Waals surface area contributed by atoms with Crippen molar-refractivity contribution in [2.45, 2.75) is 18.0 Å². The Balaban J connectivity index is 2.07. The van der Waals surface area contributed by atoms with Crippen molar-refractivity contribution >= 4 is 17.8 Å². The minimum atomic E-state index is -4.58. The monoisotopic (exact) mass is 393 g/mol. The second kappa shape index (κ2) is 7.45. The zero-order chi connectivity index (χ0) is 19.6. The maximum absolute atomic E-state index is 13.2. The van der Waals surface area contributed by atoms with Crippen LogP contribution in [0.2, 0.25) is 0 Å². The number of hydrogen-bond donors (Lipinski definition) is 1. The lowest BCUT2D eigenvalue weighted by Gasteiger charge is -2.10. The molecule has 0 saturated heterocycles. The highest BCUT2D eigenvalue weighted by molar-refractivity contribution is 7.90. The number of amides is 1. The molecule has 1 N–H and O–H groups in total. The molecule has 0 aliphatic carbocycles. The largest absolute Gasteiger partial charge is 0.588 e. The Hall–Kier alpha value is -2.78. The third-order valence-electron chi connectivity index (χ3n) is 3.80.